The molecule has 0 spiro atoms. The zero-order valence-electron chi connectivity index (χ0n) is 7.96. The summed E-state index contributed by atoms with van der Waals surface area (Å²) in [7, 11) is 1.44. The molecule has 1 rings (SSSR count). The third kappa shape index (κ3) is 2.00. The number of aromatic carboxylic acids is 1. The van der Waals surface area contributed by atoms with Crippen LogP contribution in [-0.2, 0) is 11.3 Å². The minimum Gasteiger partial charge on any atom is -0.478 e. The van der Waals surface area contributed by atoms with Gasteiger partial charge in [-0.25, -0.2) is 4.79 Å². The summed E-state index contributed by atoms with van der Waals surface area (Å²) in [5, 5.41) is 8.89. The van der Waals surface area contributed by atoms with Crippen molar-refractivity contribution in [1.29, 1.82) is 0 Å². The number of hydrogen-bond donors (Lipinski definition) is 2. The highest BCUT2D eigenvalue weighted by molar-refractivity contribution is 5.90. The SMILES string of the molecule is COCc1[nH]c(=O)cc(C)c1C(=O)O. The van der Waals surface area contributed by atoms with E-state index in [1.807, 2.05) is 0 Å². The standard InChI is InChI=1S/C9H11NO4/c1-5-3-7(11)10-6(4-14-2)8(5)9(12)13/h3H,4H2,1-2H3,(H,10,11)(H,12,13). The Morgan fingerprint density at radius 1 is 1.64 bits per heavy atom. The van der Waals surface area contributed by atoms with Crippen LogP contribution in [-0.4, -0.2) is 23.2 Å². The van der Waals surface area contributed by atoms with E-state index in [4.69, 9.17) is 9.84 Å². The van der Waals surface area contributed by atoms with Crippen molar-refractivity contribution in [3.05, 3.63) is 33.2 Å². The number of aryl methyl sites for hydroxylation is 1. The average Bonchev–Trinajstić information content (AvgIpc) is 2.01. The number of ether oxygens (including phenoxy) is 1. The number of methoxy groups -OCH3 is 1. The number of H-pyrrole nitrogens is 1. The lowest BCUT2D eigenvalue weighted by Gasteiger charge is -2.06. The second kappa shape index (κ2) is 4.06. The molecule has 0 aliphatic rings. The van der Waals surface area contributed by atoms with Crippen LogP contribution in [0.3, 0.4) is 0 Å². The van der Waals surface area contributed by atoms with Crippen molar-refractivity contribution in [1.82, 2.24) is 4.98 Å². The highest BCUT2D eigenvalue weighted by Crippen LogP contribution is 2.10. The molecule has 14 heavy (non-hydrogen) atoms. The smallest absolute Gasteiger partial charge is 0.337 e. The molecule has 0 amide bonds. The van der Waals surface area contributed by atoms with Crippen LogP contribution in [0.1, 0.15) is 21.6 Å². The van der Waals surface area contributed by atoms with Gasteiger partial charge in [0, 0.05) is 13.2 Å². The monoisotopic (exact) mass is 197 g/mol. The minimum atomic E-state index is -1.06. The molecule has 2 N–H and O–H groups in total. The van der Waals surface area contributed by atoms with E-state index in [1.54, 1.807) is 6.92 Å². The normalized spacial score (nSPS) is 10.1. The predicted octanol–water partition coefficient (Wildman–Crippen LogP) is 0.528. The predicted molar refractivity (Wildman–Crippen MR) is 49.5 cm³/mol. The maximum atomic E-state index is 11.1. The van der Waals surface area contributed by atoms with Crippen molar-refractivity contribution in [3.63, 3.8) is 0 Å². The first-order valence-electron chi connectivity index (χ1n) is 4.01. The summed E-state index contributed by atoms with van der Waals surface area (Å²) in [4.78, 5) is 24.3. The molecule has 0 fully saturated rings. The fraction of sp³-hybridized carbons (Fsp3) is 0.333. The van der Waals surface area contributed by atoms with E-state index in [9.17, 15) is 9.59 Å². The summed E-state index contributed by atoms with van der Waals surface area (Å²) in [5.74, 6) is -1.06. The van der Waals surface area contributed by atoms with Gasteiger partial charge in [0.25, 0.3) is 0 Å². The molecule has 0 aliphatic carbocycles. The van der Waals surface area contributed by atoms with Gasteiger partial charge < -0.3 is 14.8 Å². The van der Waals surface area contributed by atoms with E-state index in [2.05, 4.69) is 4.98 Å². The van der Waals surface area contributed by atoms with Crippen molar-refractivity contribution in [2.75, 3.05) is 7.11 Å². The minimum absolute atomic E-state index is 0.0819. The Balaban J connectivity index is 3.36. The van der Waals surface area contributed by atoms with Gasteiger partial charge in [-0.1, -0.05) is 0 Å². The number of carboxylic acids is 1. The maximum Gasteiger partial charge on any atom is 0.337 e. The molecule has 0 aliphatic heterocycles. The van der Waals surface area contributed by atoms with Crippen LogP contribution in [0.4, 0.5) is 0 Å². The summed E-state index contributed by atoms with van der Waals surface area (Å²) < 4.78 is 4.80. The van der Waals surface area contributed by atoms with E-state index in [0.29, 0.717) is 11.3 Å². The molecule has 0 aromatic carbocycles. The van der Waals surface area contributed by atoms with Gasteiger partial charge in [-0.2, -0.15) is 0 Å². The fourth-order valence-corrected chi connectivity index (χ4v) is 1.30. The average molecular weight is 197 g/mol. The van der Waals surface area contributed by atoms with Gasteiger partial charge in [0.2, 0.25) is 5.56 Å². The molecule has 1 aromatic rings. The van der Waals surface area contributed by atoms with Crippen LogP contribution >= 0.6 is 0 Å². The molecule has 5 nitrogen and oxygen atoms in total. The molecule has 0 unspecified atom stereocenters. The van der Waals surface area contributed by atoms with Crippen LogP contribution in [0.2, 0.25) is 0 Å². The zero-order chi connectivity index (χ0) is 10.7. The van der Waals surface area contributed by atoms with Crippen LogP contribution in [0.25, 0.3) is 0 Å². The van der Waals surface area contributed by atoms with Gasteiger partial charge in [-0.05, 0) is 12.5 Å². The molecule has 0 atom stereocenters. The van der Waals surface area contributed by atoms with E-state index < -0.39 is 5.97 Å². The largest absolute Gasteiger partial charge is 0.478 e. The first-order valence-corrected chi connectivity index (χ1v) is 4.01. The number of nitrogens with one attached hydrogen (secondary N) is 1. The second-order valence-corrected chi connectivity index (χ2v) is 2.91. The van der Waals surface area contributed by atoms with Crippen molar-refractivity contribution < 1.29 is 14.6 Å². The summed E-state index contributed by atoms with van der Waals surface area (Å²) in [6.45, 7) is 1.66. The number of carbonyl (C=O) groups is 1. The van der Waals surface area contributed by atoms with Crippen molar-refractivity contribution in [2.45, 2.75) is 13.5 Å². The third-order valence-corrected chi connectivity index (χ3v) is 1.82. The number of pyridine rings is 1. The first kappa shape index (κ1) is 10.5. The molecular formula is C9H11NO4. The molecule has 5 heteroatoms. The molecule has 0 radical (unpaired) electrons. The molecule has 76 valence electrons. The van der Waals surface area contributed by atoms with Crippen LogP contribution in [0, 0.1) is 6.92 Å². The van der Waals surface area contributed by atoms with Crippen molar-refractivity contribution in [3.8, 4) is 0 Å². The molecule has 1 aromatic heterocycles. The Morgan fingerprint density at radius 2 is 2.29 bits per heavy atom. The highest BCUT2D eigenvalue weighted by atomic mass is 16.5. The Kier molecular flexibility index (Phi) is 3.03. The summed E-state index contributed by atoms with van der Waals surface area (Å²) >= 11 is 0. The summed E-state index contributed by atoms with van der Waals surface area (Å²) in [6.07, 6.45) is 0. The lowest BCUT2D eigenvalue weighted by molar-refractivity contribution is 0.0690. The Bertz CT molecular complexity index is 408. The maximum absolute atomic E-state index is 11.1. The fourth-order valence-electron chi connectivity index (χ4n) is 1.30. The van der Waals surface area contributed by atoms with Gasteiger partial charge in [-0.3, -0.25) is 4.79 Å². The van der Waals surface area contributed by atoms with Gasteiger partial charge in [0.1, 0.15) is 0 Å². The lowest BCUT2D eigenvalue weighted by atomic mass is 10.1. The van der Waals surface area contributed by atoms with Crippen LogP contribution < -0.4 is 5.56 Å². The zero-order valence-corrected chi connectivity index (χ0v) is 7.96. The van der Waals surface area contributed by atoms with Gasteiger partial charge >= 0.3 is 5.97 Å². The number of aromatic nitrogens is 1. The molecule has 0 saturated carbocycles. The highest BCUT2D eigenvalue weighted by Gasteiger charge is 2.14. The molecule has 0 bridgehead atoms. The second-order valence-electron chi connectivity index (χ2n) is 2.91. The molecule has 1 heterocycles. The summed E-state index contributed by atoms with van der Waals surface area (Å²) in [5.41, 5.74) is 0.518. The van der Waals surface area contributed by atoms with E-state index in [0.717, 1.165) is 0 Å². The van der Waals surface area contributed by atoms with Crippen LogP contribution in [0.15, 0.2) is 10.9 Å². The Hall–Kier alpha value is -1.62. The van der Waals surface area contributed by atoms with Gasteiger partial charge in [0.05, 0.1) is 17.9 Å². The van der Waals surface area contributed by atoms with Gasteiger partial charge in [0.15, 0.2) is 0 Å². The van der Waals surface area contributed by atoms with Crippen LogP contribution in [0.5, 0.6) is 0 Å². The number of aromatic amines is 1. The Morgan fingerprint density at radius 3 is 2.79 bits per heavy atom. The number of carboxylic acid groups (broad SMARTS) is 1. The third-order valence-electron chi connectivity index (χ3n) is 1.82. The van der Waals surface area contributed by atoms with E-state index in [1.165, 1.54) is 13.2 Å². The molecule has 0 saturated heterocycles. The van der Waals surface area contributed by atoms with Crippen molar-refractivity contribution >= 4 is 5.97 Å². The lowest BCUT2D eigenvalue weighted by Crippen LogP contribution is -2.16. The van der Waals surface area contributed by atoms with E-state index >= 15 is 0 Å². The molecular weight excluding hydrogens is 186 g/mol. The quantitative estimate of drug-likeness (QED) is 0.740. The van der Waals surface area contributed by atoms with E-state index in [-0.39, 0.29) is 17.7 Å². The number of rotatable bonds is 3. The number of hydrogen-bond acceptors (Lipinski definition) is 3. The first-order chi connectivity index (χ1) is 6.56. The Labute approximate surface area is 80.3 Å². The van der Waals surface area contributed by atoms with Gasteiger partial charge in [-0.15, -0.1) is 0 Å². The summed E-state index contributed by atoms with van der Waals surface area (Å²) in [6, 6.07) is 1.25. The van der Waals surface area contributed by atoms with Crippen molar-refractivity contribution in [2.24, 2.45) is 0 Å². The topological polar surface area (TPSA) is 79.4 Å².